The third kappa shape index (κ3) is 8.44. The molecule has 4 amide bonds. The summed E-state index contributed by atoms with van der Waals surface area (Å²) in [5.41, 5.74) is 3.29. The molecule has 0 spiro atoms. The number of likely N-dealkylation sites (N-methyl/N-ethyl adjacent to an activating group) is 1. The number of alkyl carbamates (subject to hydrolysis) is 1. The molecule has 2 aliphatic heterocycles. The molecule has 46 heavy (non-hydrogen) atoms. The Labute approximate surface area is 271 Å². The second kappa shape index (κ2) is 16.0. The van der Waals surface area contributed by atoms with Crippen molar-refractivity contribution in [3.63, 3.8) is 0 Å². The van der Waals surface area contributed by atoms with Crippen molar-refractivity contribution in [3.8, 4) is 0 Å². The molecule has 5 rings (SSSR count). The Morgan fingerprint density at radius 2 is 1.76 bits per heavy atom. The van der Waals surface area contributed by atoms with Crippen LogP contribution in [-0.2, 0) is 32.1 Å². The fraction of sp³-hybridized carbons (Fsp3) is 0.543. The highest BCUT2D eigenvalue weighted by Crippen LogP contribution is 2.31. The highest BCUT2D eigenvalue weighted by atomic mass is 16.5. The van der Waals surface area contributed by atoms with Gasteiger partial charge in [0.1, 0.15) is 18.7 Å². The first-order valence-corrected chi connectivity index (χ1v) is 16.7. The monoisotopic (exact) mass is 632 g/mol. The Kier molecular flexibility index (Phi) is 11.7. The molecule has 4 N–H and O–H groups in total. The minimum atomic E-state index is -0.843. The zero-order valence-electron chi connectivity index (χ0n) is 27.0. The van der Waals surface area contributed by atoms with Crippen LogP contribution in [-0.4, -0.2) is 91.0 Å². The molecule has 11 heteroatoms. The number of carbonyl (C=O) groups excluding carboxylic acids is 4. The topological polar surface area (TPSA) is 132 Å². The number of piperazine rings is 1. The molecule has 0 unspecified atom stereocenters. The van der Waals surface area contributed by atoms with E-state index in [0.29, 0.717) is 25.9 Å². The maximum Gasteiger partial charge on any atom is 0.407 e. The Morgan fingerprint density at radius 3 is 2.57 bits per heavy atom. The van der Waals surface area contributed by atoms with Gasteiger partial charge in [0.05, 0.1) is 12.1 Å². The lowest BCUT2D eigenvalue weighted by Gasteiger charge is -2.44. The minimum absolute atomic E-state index is 0.0922. The SMILES string of the molecule is CN[C@@H](C)C(=O)N[C@@H](CCCNC(=O)OCc1ccccc1)C(=O)N1C[C@H]2CCCN2C[C@H]1C(=O)N[C@@H]1CCCc2ccccc21. The van der Waals surface area contributed by atoms with E-state index in [1.54, 1.807) is 18.9 Å². The Balaban J connectivity index is 1.25. The van der Waals surface area contributed by atoms with Gasteiger partial charge in [-0.15, -0.1) is 0 Å². The van der Waals surface area contributed by atoms with Crippen LogP contribution in [0.1, 0.15) is 68.2 Å². The molecule has 0 aromatic heterocycles. The standard InChI is InChI=1S/C35H48N6O5/c1-24(36-2)32(42)39-30(18-9-19-37-35(45)46-23-25-11-4-3-5-12-25)34(44)41-21-27-15-10-20-40(27)22-31(41)33(43)38-29-17-8-14-26-13-6-7-16-28(26)29/h3-7,11-13,16,24,27,29-31,36H,8-10,14-15,17-23H2,1-2H3,(H,37,45)(H,38,43)(H,39,42)/t24-,27+,29+,30-,31-/m0/s1. The number of amides is 4. The number of fused-ring (bicyclic) bond motifs is 2. The van der Waals surface area contributed by atoms with Gasteiger partial charge in [0.2, 0.25) is 17.7 Å². The number of rotatable bonds is 12. The second-order valence-corrected chi connectivity index (χ2v) is 12.7. The number of aryl methyl sites for hydroxylation is 1. The van der Waals surface area contributed by atoms with Gasteiger partial charge in [0, 0.05) is 25.7 Å². The van der Waals surface area contributed by atoms with Gasteiger partial charge in [-0.05, 0) is 82.2 Å². The molecule has 3 aliphatic rings. The van der Waals surface area contributed by atoms with Crippen molar-refractivity contribution < 1.29 is 23.9 Å². The summed E-state index contributed by atoms with van der Waals surface area (Å²) in [6.07, 6.45) is 5.04. The lowest BCUT2D eigenvalue weighted by atomic mass is 9.87. The maximum atomic E-state index is 14.3. The molecule has 248 valence electrons. The summed E-state index contributed by atoms with van der Waals surface area (Å²) in [4.78, 5) is 57.6. The first-order valence-electron chi connectivity index (χ1n) is 16.7. The smallest absolute Gasteiger partial charge is 0.407 e. The van der Waals surface area contributed by atoms with Gasteiger partial charge in [0.25, 0.3) is 0 Å². The number of carbonyl (C=O) groups is 4. The fourth-order valence-corrected chi connectivity index (χ4v) is 6.81. The van der Waals surface area contributed by atoms with Crippen LogP contribution in [0, 0.1) is 0 Å². The van der Waals surface area contributed by atoms with E-state index in [2.05, 4.69) is 38.3 Å². The summed E-state index contributed by atoms with van der Waals surface area (Å²) in [6, 6.07) is 15.8. The van der Waals surface area contributed by atoms with Crippen LogP contribution in [0.4, 0.5) is 4.79 Å². The van der Waals surface area contributed by atoms with Gasteiger partial charge in [-0.2, -0.15) is 0 Å². The Bertz CT molecular complexity index is 1360. The van der Waals surface area contributed by atoms with Crippen LogP contribution in [0.25, 0.3) is 0 Å². The molecule has 1 aliphatic carbocycles. The van der Waals surface area contributed by atoms with Gasteiger partial charge < -0.3 is 30.9 Å². The number of hydrogen-bond acceptors (Lipinski definition) is 7. The summed E-state index contributed by atoms with van der Waals surface area (Å²) >= 11 is 0. The summed E-state index contributed by atoms with van der Waals surface area (Å²) < 4.78 is 5.30. The van der Waals surface area contributed by atoms with E-state index in [9.17, 15) is 19.2 Å². The highest BCUT2D eigenvalue weighted by molar-refractivity contribution is 5.93. The van der Waals surface area contributed by atoms with Gasteiger partial charge in [-0.25, -0.2) is 4.79 Å². The van der Waals surface area contributed by atoms with Crippen molar-refractivity contribution >= 4 is 23.8 Å². The summed E-state index contributed by atoms with van der Waals surface area (Å²) in [5, 5.41) is 11.9. The second-order valence-electron chi connectivity index (χ2n) is 12.7. The maximum absolute atomic E-state index is 14.3. The Morgan fingerprint density at radius 1 is 0.978 bits per heavy atom. The third-order valence-electron chi connectivity index (χ3n) is 9.55. The lowest BCUT2D eigenvalue weighted by molar-refractivity contribution is -0.148. The predicted molar refractivity (Wildman–Crippen MR) is 175 cm³/mol. The van der Waals surface area contributed by atoms with Gasteiger partial charge in [-0.3, -0.25) is 19.3 Å². The summed E-state index contributed by atoms with van der Waals surface area (Å²) in [5.74, 6) is -0.716. The first-order chi connectivity index (χ1) is 22.3. The van der Waals surface area contributed by atoms with Crippen molar-refractivity contribution in [2.45, 2.75) is 88.7 Å². The van der Waals surface area contributed by atoms with Gasteiger partial charge in [0.15, 0.2) is 0 Å². The van der Waals surface area contributed by atoms with E-state index >= 15 is 0 Å². The van der Waals surface area contributed by atoms with E-state index < -0.39 is 24.2 Å². The zero-order valence-corrected chi connectivity index (χ0v) is 27.0. The largest absolute Gasteiger partial charge is 0.445 e. The van der Waals surface area contributed by atoms with Gasteiger partial charge >= 0.3 is 6.09 Å². The van der Waals surface area contributed by atoms with Crippen LogP contribution in [0.15, 0.2) is 54.6 Å². The predicted octanol–water partition coefficient (Wildman–Crippen LogP) is 2.65. The number of hydrogen-bond donors (Lipinski definition) is 4. The van der Waals surface area contributed by atoms with E-state index in [4.69, 9.17) is 4.74 Å². The first kappa shape index (κ1) is 33.4. The average molecular weight is 633 g/mol. The average Bonchev–Trinajstić information content (AvgIpc) is 3.55. The van der Waals surface area contributed by atoms with Crippen LogP contribution >= 0.6 is 0 Å². The van der Waals surface area contributed by atoms with E-state index in [1.165, 1.54) is 5.56 Å². The van der Waals surface area contributed by atoms with E-state index in [-0.39, 0.29) is 43.0 Å². The van der Waals surface area contributed by atoms with Crippen molar-refractivity contribution in [1.82, 2.24) is 31.1 Å². The highest BCUT2D eigenvalue weighted by Gasteiger charge is 2.44. The number of benzene rings is 2. The normalized spacial score (nSPS) is 22.1. The molecular weight excluding hydrogens is 584 g/mol. The number of nitrogens with one attached hydrogen (secondary N) is 4. The molecule has 2 saturated heterocycles. The van der Waals surface area contributed by atoms with Crippen molar-refractivity contribution in [3.05, 3.63) is 71.3 Å². The molecule has 0 saturated carbocycles. The Hall–Kier alpha value is -3.96. The molecule has 2 fully saturated rings. The zero-order chi connectivity index (χ0) is 32.5. The quantitative estimate of drug-likeness (QED) is 0.265. The molecule has 2 heterocycles. The number of nitrogens with zero attached hydrogens (tertiary/aromatic N) is 2. The van der Waals surface area contributed by atoms with Crippen molar-refractivity contribution in [2.24, 2.45) is 0 Å². The number of ether oxygens (including phenoxy) is 1. The van der Waals surface area contributed by atoms with Gasteiger partial charge in [-0.1, -0.05) is 54.6 Å². The van der Waals surface area contributed by atoms with E-state index in [1.807, 2.05) is 42.5 Å². The molecule has 0 radical (unpaired) electrons. The summed E-state index contributed by atoms with van der Waals surface area (Å²) in [6.45, 7) is 3.99. The molecule has 2 aromatic rings. The fourth-order valence-electron chi connectivity index (χ4n) is 6.81. The molecule has 11 nitrogen and oxygen atoms in total. The van der Waals surface area contributed by atoms with Crippen LogP contribution in [0.5, 0.6) is 0 Å². The van der Waals surface area contributed by atoms with Crippen LogP contribution < -0.4 is 21.3 Å². The lowest BCUT2D eigenvalue weighted by Crippen LogP contribution is -2.65. The molecule has 0 bridgehead atoms. The van der Waals surface area contributed by atoms with Crippen LogP contribution in [0.2, 0.25) is 0 Å². The molecule has 5 atom stereocenters. The van der Waals surface area contributed by atoms with Crippen LogP contribution in [0.3, 0.4) is 0 Å². The van der Waals surface area contributed by atoms with E-state index in [0.717, 1.165) is 49.8 Å². The third-order valence-corrected chi connectivity index (χ3v) is 9.55. The van der Waals surface area contributed by atoms with Crippen molar-refractivity contribution in [1.29, 1.82) is 0 Å². The molecule has 2 aromatic carbocycles. The molecular formula is C35H48N6O5. The summed E-state index contributed by atoms with van der Waals surface area (Å²) in [7, 11) is 1.69. The minimum Gasteiger partial charge on any atom is -0.445 e. The van der Waals surface area contributed by atoms with Crippen molar-refractivity contribution in [2.75, 3.05) is 33.2 Å².